The molecule has 0 bridgehead atoms. The molecule has 0 saturated heterocycles. The number of hydrogen-bond acceptors (Lipinski definition) is 4. The fourth-order valence-corrected chi connectivity index (χ4v) is 1.50. The Morgan fingerprint density at radius 3 is 2.76 bits per heavy atom. The third kappa shape index (κ3) is 2.69. The van der Waals surface area contributed by atoms with Gasteiger partial charge in [0, 0.05) is 25.0 Å². The molecule has 0 aliphatic heterocycles. The first-order valence-electron chi connectivity index (χ1n) is 5.24. The number of aromatic nitrogens is 2. The monoisotopic (exact) mass is 233 g/mol. The van der Waals surface area contributed by atoms with E-state index < -0.39 is 0 Å². The second-order valence-corrected chi connectivity index (χ2v) is 3.68. The van der Waals surface area contributed by atoms with E-state index in [1.54, 1.807) is 30.0 Å². The lowest BCUT2D eigenvalue weighted by molar-refractivity contribution is 0.280. The first kappa shape index (κ1) is 11.3. The molecule has 0 atom stereocenters. The van der Waals surface area contributed by atoms with Crippen LogP contribution in [0.3, 0.4) is 0 Å². The Hall–Kier alpha value is -2.17. The maximum absolute atomic E-state index is 5.66. The number of benzene rings is 1. The third-order valence-corrected chi connectivity index (χ3v) is 2.33. The first-order valence-corrected chi connectivity index (χ1v) is 5.24. The lowest BCUT2D eigenvalue weighted by Gasteiger charge is -2.10. The lowest BCUT2D eigenvalue weighted by Crippen LogP contribution is -2.00. The first-order chi connectivity index (χ1) is 8.19. The average Bonchev–Trinajstić information content (AvgIpc) is 2.73. The Labute approximate surface area is 99.8 Å². The van der Waals surface area contributed by atoms with Crippen LogP contribution < -0.4 is 15.2 Å². The fourth-order valence-electron chi connectivity index (χ4n) is 1.50. The Morgan fingerprint density at radius 2 is 2.12 bits per heavy atom. The fraction of sp³-hybridized carbons (Fsp3) is 0.250. The summed E-state index contributed by atoms with van der Waals surface area (Å²) in [5, 5.41) is 4.22. The number of nitrogens with two attached hydrogens (primary N) is 1. The number of nitrogens with zero attached hydrogens (tertiary/aromatic N) is 2. The molecule has 1 aromatic carbocycles. The SMILES string of the molecule is COc1cc(N)ccc1OCc1ccn(C)n1. The number of anilines is 1. The molecule has 90 valence electrons. The van der Waals surface area contributed by atoms with Crippen LogP contribution in [0.2, 0.25) is 0 Å². The molecule has 0 unspecified atom stereocenters. The molecule has 17 heavy (non-hydrogen) atoms. The van der Waals surface area contributed by atoms with Gasteiger partial charge in [-0.1, -0.05) is 0 Å². The minimum Gasteiger partial charge on any atom is -0.493 e. The number of nitrogen functional groups attached to an aromatic ring is 1. The minimum atomic E-state index is 0.404. The highest BCUT2D eigenvalue weighted by Crippen LogP contribution is 2.29. The van der Waals surface area contributed by atoms with E-state index in [-0.39, 0.29) is 0 Å². The molecule has 0 amide bonds. The molecule has 1 aromatic heterocycles. The van der Waals surface area contributed by atoms with E-state index in [4.69, 9.17) is 15.2 Å². The van der Waals surface area contributed by atoms with E-state index in [0.29, 0.717) is 23.8 Å². The number of methoxy groups -OCH3 is 1. The summed E-state index contributed by atoms with van der Waals surface area (Å²) < 4.78 is 12.6. The Morgan fingerprint density at radius 1 is 1.29 bits per heavy atom. The second-order valence-electron chi connectivity index (χ2n) is 3.68. The Balaban J connectivity index is 2.08. The van der Waals surface area contributed by atoms with Crippen molar-refractivity contribution in [1.82, 2.24) is 9.78 Å². The third-order valence-electron chi connectivity index (χ3n) is 2.33. The van der Waals surface area contributed by atoms with Crippen LogP contribution in [-0.4, -0.2) is 16.9 Å². The summed E-state index contributed by atoms with van der Waals surface area (Å²) in [6, 6.07) is 7.20. The van der Waals surface area contributed by atoms with Crippen molar-refractivity contribution in [3.63, 3.8) is 0 Å². The molecule has 0 aliphatic carbocycles. The van der Waals surface area contributed by atoms with Crippen LogP contribution in [0, 0.1) is 0 Å². The molecule has 0 spiro atoms. The van der Waals surface area contributed by atoms with Gasteiger partial charge in [-0.2, -0.15) is 5.10 Å². The normalized spacial score (nSPS) is 10.2. The van der Waals surface area contributed by atoms with Gasteiger partial charge in [-0.25, -0.2) is 0 Å². The number of rotatable bonds is 4. The second kappa shape index (κ2) is 4.78. The molecule has 5 nitrogen and oxygen atoms in total. The zero-order valence-electron chi connectivity index (χ0n) is 9.88. The van der Waals surface area contributed by atoms with Gasteiger partial charge in [-0.15, -0.1) is 0 Å². The molecule has 0 saturated carbocycles. The number of ether oxygens (including phenoxy) is 2. The van der Waals surface area contributed by atoms with Gasteiger partial charge in [-0.3, -0.25) is 4.68 Å². The maximum atomic E-state index is 5.66. The molecule has 2 N–H and O–H groups in total. The van der Waals surface area contributed by atoms with E-state index in [0.717, 1.165) is 5.69 Å². The average molecular weight is 233 g/mol. The number of hydrogen-bond donors (Lipinski definition) is 1. The van der Waals surface area contributed by atoms with Gasteiger partial charge in [0.25, 0.3) is 0 Å². The molecular formula is C12H15N3O2. The van der Waals surface area contributed by atoms with Crippen molar-refractivity contribution in [2.24, 2.45) is 7.05 Å². The van der Waals surface area contributed by atoms with Gasteiger partial charge < -0.3 is 15.2 Å². The summed E-state index contributed by atoms with van der Waals surface area (Å²) in [6.07, 6.45) is 1.87. The quantitative estimate of drug-likeness (QED) is 0.814. The highest BCUT2D eigenvalue weighted by Gasteiger charge is 2.05. The largest absolute Gasteiger partial charge is 0.493 e. The molecule has 0 radical (unpaired) electrons. The predicted molar refractivity (Wildman–Crippen MR) is 64.9 cm³/mol. The van der Waals surface area contributed by atoms with E-state index in [1.165, 1.54) is 0 Å². The van der Waals surface area contributed by atoms with Crippen LogP contribution in [0.1, 0.15) is 5.69 Å². The molecule has 2 aromatic rings. The van der Waals surface area contributed by atoms with Crippen LogP contribution in [0.4, 0.5) is 5.69 Å². The van der Waals surface area contributed by atoms with Crippen LogP contribution in [0.25, 0.3) is 0 Å². The van der Waals surface area contributed by atoms with Crippen LogP contribution >= 0.6 is 0 Å². The lowest BCUT2D eigenvalue weighted by atomic mass is 10.3. The summed E-state index contributed by atoms with van der Waals surface area (Å²) in [7, 11) is 3.45. The molecule has 0 fully saturated rings. The zero-order chi connectivity index (χ0) is 12.3. The summed E-state index contributed by atoms with van der Waals surface area (Å²) in [6.45, 7) is 0.404. The molecule has 5 heteroatoms. The van der Waals surface area contributed by atoms with Crippen molar-refractivity contribution >= 4 is 5.69 Å². The van der Waals surface area contributed by atoms with Gasteiger partial charge in [0.05, 0.1) is 12.8 Å². The van der Waals surface area contributed by atoms with Crippen molar-refractivity contribution in [3.8, 4) is 11.5 Å². The predicted octanol–water partition coefficient (Wildman–Crippen LogP) is 1.59. The van der Waals surface area contributed by atoms with Gasteiger partial charge >= 0.3 is 0 Å². The van der Waals surface area contributed by atoms with Crippen LogP contribution in [-0.2, 0) is 13.7 Å². The molecular weight excluding hydrogens is 218 g/mol. The van der Waals surface area contributed by atoms with E-state index in [1.807, 2.05) is 19.3 Å². The highest BCUT2D eigenvalue weighted by molar-refractivity contribution is 5.51. The zero-order valence-corrected chi connectivity index (χ0v) is 9.88. The van der Waals surface area contributed by atoms with Crippen LogP contribution in [0.15, 0.2) is 30.5 Å². The Kier molecular flexibility index (Phi) is 3.18. The van der Waals surface area contributed by atoms with Gasteiger partial charge in [-0.05, 0) is 18.2 Å². The van der Waals surface area contributed by atoms with E-state index in [2.05, 4.69) is 5.10 Å². The van der Waals surface area contributed by atoms with Gasteiger partial charge in [0.1, 0.15) is 6.61 Å². The van der Waals surface area contributed by atoms with Crippen molar-refractivity contribution < 1.29 is 9.47 Å². The van der Waals surface area contributed by atoms with Crippen molar-refractivity contribution in [1.29, 1.82) is 0 Å². The summed E-state index contributed by atoms with van der Waals surface area (Å²) >= 11 is 0. The topological polar surface area (TPSA) is 62.3 Å². The molecule has 0 aliphatic rings. The maximum Gasteiger partial charge on any atom is 0.162 e. The summed E-state index contributed by atoms with van der Waals surface area (Å²) in [5.41, 5.74) is 7.17. The minimum absolute atomic E-state index is 0.404. The summed E-state index contributed by atoms with van der Waals surface area (Å²) in [4.78, 5) is 0. The highest BCUT2D eigenvalue weighted by atomic mass is 16.5. The molecule has 1 heterocycles. The van der Waals surface area contributed by atoms with Crippen molar-refractivity contribution in [2.75, 3.05) is 12.8 Å². The van der Waals surface area contributed by atoms with Crippen molar-refractivity contribution in [3.05, 3.63) is 36.2 Å². The Bertz CT molecular complexity index is 508. The summed E-state index contributed by atoms with van der Waals surface area (Å²) in [5.74, 6) is 1.29. The standard InChI is InChI=1S/C12H15N3O2/c1-15-6-5-10(14-15)8-17-11-4-3-9(13)7-12(11)16-2/h3-7H,8,13H2,1-2H3. The van der Waals surface area contributed by atoms with Crippen LogP contribution in [0.5, 0.6) is 11.5 Å². The van der Waals surface area contributed by atoms with E-state index in [9.17, 15) is 0 Å². The van der Waals surface area contributed by atoms with Crippen molar-refractivity contribution in [2.45, 2.75) is 6.61 Å². The molecule has 2 rings (SSSR count). The number of aryl methyl sites for hydroxylation is 1. The van der Waals surface area contributed by atoms with E-state index >= 15 is 0 Å². The smallest absolute Gasteiger partial charge is 0.162 e. The van der Waals surface area contributed by atoms with Gasteiger partial charge in [0.2, 0.25) is 0 Å². The van der Waals surface area contributed by atoms with Gasteiger partial charge in [0.15, 0.2) is 11.5 Å².